The SMILES string of the molecule is O=CO.O=S(=O)(Nc1ccncn1)c1cc(F)c(N[C@H]2CC[C@H](c3cccc(C(F)(F)F)c3)C[C@@H]2N2CCCCC2)cc1F. The molecule has 44 heavy (non-hydrogen) atoms. The zero-order valence-corrected chi connectivity index (χ0v) is 24.3. The predicted molar refractivity (Wildman–Crippen MR) is 153 cm³/mol. The number of nitrogens with zero attached hydrogens (tertiary/aromatic N) is 3. The molecule has 1 aliphatic carbocycles. The number of nitrogens with one attached hydrogen (secondary N) is 2. The lowest BCUT2D eigenvalue weighted by Crippen LogP contribution is -2.51. The summed E-state index contributed by atoms with van der Waals surface area (Å²) in [4.78, 5) is 17.2. The Balaban J connectivity index is 0.00000141. The molecule has 1 saturated heterocycles. The molecule has 238 valence electrons. The van der Waals surface area contributed by atoms with Crippen LogP contribution in [0.5, 0.6) is 0 Å². The second-order valence-corrected chi connectivity index (χ2v) is 12.3. The number of hydrogen-bond donors (Lipinski definition) is 3. The van der Waals surface area contributed by atoms with E-state index in [0.717, 1.165) is 50.8 Å². The molecule has 2 fully saturated rings. The maximum atomic E-state index is 15.3. The summed E-state index contributed by atoms with van der Waals surface area (Å²) in [5.41, 5.74) is -0.247. The van der Waals surface area contributed by atoms with Crippen LogP contribution in [0.4, 0.5) is 33.5 Å². The van der Waals surface area contributed by atoms with Gasteiger partial charge in [0.2, 0.25) is 0 Å². The van der Waals surface area contributed by atoms with Gasteiger partial charge in [-0.15, -0.1) is 0 Å². The van der Waals surface area contributed by atoms with E-state index in [4.69, 9.17) is 9.90 Å². The molecule has 1 aromatic heterocycles. The zero-order chi connectivity index (χ0) is 31.9. The van der Waals surface area contributed by atoms with E-state index in [2.05, 4.69) is 24.9 Å². The standard InChI is InChI=1S/C28H30F5N5O2S.CH2O2/c29-21-16-26(41(39,40)37-27-9-10-34-17-35-27)22(30)15-24(21)36-23-8-7-19(14-25(23)38-11-2-1-3-12-38)18-5-4-6-20(13-18)28(31,32)33;2-1-3/h4-6,9-10,13,15-17,19,23,25,36H,1-3,7-8,11-12,14H2,(H,34,35,37);1H,(H,2,3)/t19-,23-,25-;/m0./s1. The van der Waals surface area contributed by atoms with Gasteiger partial charge >= 0.3 is 6.18 Å². The Kier molecular flexibility index (Phi) is 10.7. The van der Waals surface area contributed by atoms with Crippen LogP contribution < -0.4 is 10.0 Å². The van der Waals surface area contributed by atoms with Crippen molar-refractivity contribution in [3.8, 4) is 0 Å². The summed E-state index contributed by atoms with van der Waals surface area (Å²) in [6, 6.07) is 7.69. The van der Waals surface area contributed by atoms with Crippen molar-refractivity contribution in [2.24, 2.45) is 0 Å². The molecule has 15 heteroatoms. The van der Waals surface area contributed by atoms with Crippen LogP contribution in [-0.4, -0.2) is 60.0 Å². The first-order valence-corrected chi connectivity index (χ1v) is 15.4. The van der Waals surface area contributed by atoms with Crippen molar-refractivity contribution in [2.75, 3.05) is 23.1 Å². The van der Waals surface area contributed by atoms with Crippen LogP contribution in [0.2, 0.25) is 0 Å². The summed E-state index contributed by atoms with van der Waals surface area (Å²) in [5, 5.41) is 9.99. The first-order valence-electron chi connectivity index (χ1n) is 14.0. The molecule has 3 N–H and O–H groups in total. The quantitative estimate of drug-likeness (QED) is 0.216. The maximum Gasteiger partial charge on any atom is 0.416 e. The van der Waals surface area contributed by atoms with Gasteiger partial charge in [0.25, 0.3) is 16.5 Å². The molecular weight excluding hydrogens is 609 g/mol. The number of carbonyl (C=O) groups is 1. The third-order valence-corrected chi connectivity index (χ3v) is 9.20. The van der Waals surface area contributed by atoms with Gasteiger partial charge in [-0.3, -0.25) is 14.4 Å². The first kappa shape index (κ1) is 33.1. The van der Waals surface area contributed by atoms with Gasteiger partial charge in [-0.05, 0) is 74.9 Å². The number of piperidine rings is 1. The third-order valence-electron chi connectivity index (χ3n) is 7.83. The number of aromatic nitrogens is 2. The van der Waals surface area contributed by atoms with E-state index >= 15 is 8.78 Å². The minimum absolute atomic E-state index is 0.0936. The molecule has 0 bridgehead atoms. The molecule has 0 unspecified atom stereocenters. The maximum absolute atomic E-state index is 15.3. The number of halogens is 5. The molecule has 2 heterocycles. The van der Waals surface area contributed by atoms with Crippen LogP contribution in [0.25, 0.3) is 0 Å². The number of rotatable bonds is 7. The Hall–Kier alpha value is -3.85. The highest BCUT2D eigenvalue weighted by molar-refractivity contribution is 7.92. The normalized spacial score (nSPS) is 21.1. The van der Waals surface area contributed by atoms with Gasteiger partial charge in [-0.25, -0.2) is 27.2 Å². The zero-order valence-electron chi connectivity index (χ0n) is 23.5. The number of sulfonamides is 1. The summed E-state index contributed by atoms with van der Waals surface area (Å²) in [5.74, 6) is -2.29. The van der Waals surface area contributed by atoms with E-state index in [1.54, 1.807) is 6.07 Å². The fourth-order valence-electron chi connectivity index (χ4n) is 5.83. The second kappa shape index (κ2) is 14.3. The fourth-order valence-corrected chi connectivity index (χ4v) is 6.91. The summed E-state index contributed by atoms with van der Waals surface area (Å²) in [7, 11) is -4.47. The molecule has 2 aliphatic rings. The minimum Gasteiger partial charge on any atom is -0.483 e. The van der Waals surface area contributed by atoms with E-state index < -0.39 is 38.3 Å². The van der Waals surface area contributed by atoms with Gasteiger partial charge < -0.3 is 10.4 Å². The summed E-state index contributed by atoms with van der Waals surface area (Å²) >= 11 is 0. The highest BCUT2D eigenvalue weighted by Crippen LogP contribution is 2.40. The van der Waals surface area contributed by atoms with Crippen LogP contribution in [0.1, 0.15) is 55.6 Å². The van der Waals surface area contributed by atoms with Crippen LogP contribution in [0.3, 0.4) is 0 Å². The average molecular weight is 642 g/mol. The number of carboxylic acid groups (broad SMARTS) is 1. The highest BCUT2D eigenvalue weighted by atomic mass is 32.2. The monoisotopic (exact) mass is 641 g/mol. The molecule has 2 aromatic carbocycles. The minimum atomic E-state index is -4.47. The molecule has 0 amide bonds. The lowest BCUT2D eigenvalue weighted by molar-refractivity contribution is -0.137. The van der Waals surface area contributed by atoms with Crippen molar-refractivity contribution in [3.63, 3.8) is 0 Å². The van der Waals surface area contributed by atoms with E-state index in [-0.39, 0.29) is 36.0 Å². The third kappa shape index (κ3) is 8.20. The Morgan fingerprint density at radius 2 is 1.73 bits per heavy atom. The first-order chi connectivity index (χ1) is 20.9. The number of hydrogen-bond acceptors (Lipinski definition) is 7. The van der Waals surface area contributed by atoms with Gasteiger partial charge in [0.1, 0.15) is 28.7 Å². The molecule has 3 atom stereocenters. The summed E-state index contributed by atoms with van der Waals surface area (Å²) < 4.78 is 98.0. The largest absolute Gasteiger partial charge is 0.483 e. The van der Waals surface area contributed by atoms with Crippen molar-refractivity contribution >= 4 is 28.0 Å². The van der Waals surface area contributed by atoms with E-state index in [9.17, 15) is 21.6 Å². The molecule has 0 spiro atoms. The van der Waals surface area contributed by atoms with Crippen LogP contribution in [-0.2, 0) is 21.0 Å². The van der Waals surface area contributed by atoms with Crippen molar-refractivity contribution in [1.82, 2.24) is 14.9 Å². The summed E-state index contributed by atoms with van der Waals surface area (Å²) in [6.07, 6.45) is 2.64. The van der Waals surface area contributed by atoms with Crippen molar-refractivity contribution < 1.29 is 40.3 Å². The van der Waals surface area contributed by atoms with Gasteiger partial charge in [-0.1, -0.05) is 24.6 Å². The Morgan fingerprint density at radius 1 is 1.00 bits per heavy atom. The predicted octanol–water partition coefficient (Wildman–Crippen LogP) is 5.88. The van der Waals surface area contributed by atoms with Crippen molar-refractivity contribution in [3.05, 3.63) is 77.8 Å². The average Bonchev–Trinajstić information content (AvgIpc) is 3.00. The molecule has 3 aromatic rings. The number of benzene rings is 2. The number of anilines is 2. The van der Waals surface area contributed by atoms with Gasteiger partial charge in [0, 0.05) is 24.3 Å². The topological polar surface area (TPSA) is 125 Å². The lowest BCUT2D eigenvalue weighted by Gasteiger charge is -2.45. The van der Waals surface area contributed by atoms with Gasteiger partial charge in [-0.2, -0.15) is 13.2 Å². The number of likely N-dealkylation sites (tertiary alicyclic amines) is 1. The summed E-state index contributed by atoms with van der Waals surface area (Å²) in [6.45, 7) is 1.36. The van der Waals surface area contributed by atoms with Crippen LogP contribution >= 0.6 is 0 Å². The van der Waals surface area contributed by atoms with Crippen molar-refractivity contribution in [1.29, 1.82) is 0 Å². The Morgan fingerprint density at radius 3 is 2.39 bits per heavy atom. The Bertz CT molecular complexity index is 1520. The van der Waals surface area contributed by atoms with E-state index in [1.807, 2.05) is 0 Å². The van der Waals surface area contributed by atoms with Gasteiger partial charge in [0.15, 0.2) is 0 Å². The smallest absolute Gasteiger partial charge is 0.416 e. The van der Waals surface area contributed by atoms with Crippen molar-refractivity contribution in [2.45, 2.75) is 67.6 Å². The molecular formula is C29H32F5N5O4S. The van der Waals surface area contributed by atoms with E-state index in [0.29, 0.717) is 30.9 Å². The molecule has 9 nitrogen and oxygen atoms in total. The Labute approximate surface area is 251 Å². The second-order valence-electron chi connectivity index (χ2n) is 10.6. The number of alkyl halides is 3. The highest BCUT2D eigenvalue weighted by Gasteiger charge is 2.37. The van der Waals surface area contributed by atoms with Crippen LogP contribution in [0, 0.1) is 11.6 Å². The van der Waals surface area contributed by atoms with Crippen LogP contribution in [0.15, 0.2) is 59.9 Å². The van der Waals surface area contributed by atoms with E-state index in [1.165, 1.54) is 24.4 Å². The molecule has 1 aliphatic heterocycles. The molecule has 5 rings (SSSR count). The van der Waals surface area contributed by atoms with Gasteiger partial charge in [0.05, 0.1) is 11.3 Å². The molecule has 0 radical (unpaired) electrons. The lowest BCUT2D eigenvalue weighted by atomic mass is 9.77. The fraction of sp³-hybridized carbons (Fsp3) is 0.414. The molecule has 1 saturated carbocycles.